The highest BCUT2D eigenvalue weighted by molar-refractivity contribution is 5.98. The number of nitrogen functional groups attached to an aromatic ring is 2. The first kappa shape index (κ1) is 18.8. The van der Waals surface area contributed by atoms with Crippen molar-refractivity contribution in [2.45, 2.75) is 13.0 Å². The highest BCUT2D eigenvalue weighted by Gasteiger charge is 2.29. The zero-order chi connectivity index (χ0) is 21.3. The minimum Gasteiger partial charge on any atom is -0.397 e. The highest BCUT2D eigenvalue weighted by Crippen LogP contribution is 2.40. The second-order valence-electron chi connectivity index (χ2n) is 6.89. The molecule has 4 rings (SSSR count). The first-order valence-corrected chi connectivity index (χ1v) is 9.17. The molecule has 3 aromatic rings. The Morgan fingerprint density at radius 1 is 1.00 bits per heavy atom. The third kappa shape index (κ3) is 3.23. The molecule has 6 N–H and O–H groups in total. The van der Waals surface area contributed by atoms with E-state index in [9.17, 15) is 5.26 Å². The van der Waals surface area contributed by atoms with Crippen LogP contribution in [0, 0.1) is 29.7 Å². The van der Waals surface area contributed by atoms with E-state index in [4.69, 9.17) is 16.7 Å². The largest absolute Gasteiger partial charge is 0.397 e. The number of aliphatic imine (C=N–C) groups is 1. The van der Waals surface area contributed by atoms with E-state index in [0.717, 1.165) is 16.7 Å². The lowest BCUT2D eigenvalue weighted by Crippen LogP contribution is -2.32. The number of nitrogens with zero attached hydrogens (tertiary/aromatic N) is 4. The molecule has 1 unspecified atom stereocenters. The quantitative estimate of drug-likeness (QED) is 0.385. The topological polar surface area (TPSA) is 149 Å². The molecule has 30 heavy (non-hydrogen) atoms. The van der Waals surface area contributed by atoms with Crippen LogP contribution in [-0.4, -0.2) is 10.9 Å². The first-order valence-electron chi connectivity index (χ1n) is 9.17. The number of aromatic nitrogens is 1. The van der Waals surface area contributed by atoms with Gasteiger partial charge < -0.3 is 16.8 Å². The monoisotopic (exact) mass is 394 g/mol. The summed E-state index contributed by atoms with van der Waals surface area (Å²) in [6, 6.07) is 17.6. The van der Waals surface area contributed by atoms with Crippen molar-refractivity contribution in [2.75, 3.05) is 16.8 Å². The lowest BCUT2D eigenvalue weighted by molar-refractivity contribution is 0.847. The van der Waals surface area contributed by atoms with Crippen LogP contribution in [0.25, 0.3) is 11.1 Å². The average molecular weight is 394 g/mol. The van der Waals surface area contributed by atoms with Gasteiger partial charge in [-0.25, -0.2) is 9.98 Å². The molecular weight excluding hydrogens is 376 g/mol. The number of benzene rings is 2. The molecule has 8 heteroatoms. The van der Waals surface area contributed by atoms with Crippen LogP contribution in [0.5, 0.6) is 0 Å². The number of nitrogens with two attached hydrogens (primary N) is 2. The molecule has 0 spiro atoms. The number of anilines is 3. The number of hydrogen-bond acceptors (Lipinski definition) is 8. The van der Waals surface area contributed by atoms with Crippen molar-refractivity contribution in [2.24, 2.45) is 4.99 Å². The van der Waals surface area contributed by atoms with Crippen LogP contribution in [-0.2, 0) is 0 Å². The maximum atomic E-state index is 9.41. The highest BCUT2D eigenvalue weighted by atomic mass is 15.2. The number of guanidine groups is 1. The van der Waals surface area contributed by atoms with Crippen molar-refractivity contribution in [1.29, 1.82) is 10.5 Å². The average Bonchev–Trinajstić information content (AvgIpc) is 2.74. The fourth-order valence-corrected chi connectivity index (χ4v) is 3.43. The number of nitrogens with one attached hydrogen (secondary N) is 2. The first-order chi connectivity index (χ1) is 14.5. The van der Waals surface area contributed by atoms with Crippen molar-refractivity contribution in [3.8, 4) is 23.4 Å². The van der Waals surface area contributed by atoms with Crippen LogP contribution in [0.1, 0.15) is 28.3 Å². The Labute approximate surface area is 173 Å². The molecule has 0 saturated carbocycles. The Bertz CT molecular complexity index is 1230. The SMILES string of the molecule is Cc1ccc(-c2ccc(C3N=C(NC#N)Nc4nc(N)c(C#N)c(N)c43)cc2)cc1. The smallest absolute Gasteiger partial charge is 0.211 e. The van der Waals surface area contributed by atoms with Gasteiger partial charge in [0.15, 0.2) is 6.19 Å². The molecular formula is C22H18N8. The van der Waals surface area contributed by atoms with E-state index < -0.39 is 6.04 Å². The van der Waals surface area contributed by atoms with E-state index in [0.29, 0.717) is 11.4 Å². The summed E-state index contributed by atoms with van der Waals surface area (Å²) in [5, 5.41) is 23.8. The van der Waals surface area contributed by atoms with E-state index in [-0.39, 0.29) is 23.0 Å². The maximum Gasteiger partial charge on any atom is 0.211 e. The van der Waals surface area contributed by atoms with Crippen LogP contribution in [0.2, 0.25) is 0 Å². The minimum absolute atomic E-state index is 0.0212. The van der Waals surface area contributed by atoms with Gasteiger partial charge in [0.05, 0.1) is 5.69 Å². The molecule has 0 bridgehead atoms. The van der Waals surface area contributed by atoms with Gasteiger partial charge in [-0.2, -0.15) is 10.5 Å². The zero-order valence-electron chi connectivity index (χ0n) is 16.1. The maximum absolute atomic E-state index is 9.41. The van der Waals surface area contributed by atoms with Gasteiger partial charge in [0.1, 0.15) is 29.3 Å². The third-order valence-electron chi connectivity index (χ3n) is 4.97. The molecule has 0 aliphatic carbocycles. The van der Waals surface area contributed by atoms with Crippen molar-refractivity contribution in [3.63, 3.8) is 0 Å². The van der Waals surface area contributed by atoms with Gasteiger partial charge in [0.2, 0.25) is 5.96 Å². The molecule has 0 radical (unpaired) electrons. The minimum atomic E-state index is -0.552. The molecule has 0 saturated heterocycles. The van der Waals surface area contributed by atoms with E-state index in [1.54, 1.807) is 0 Å². The summed E-state index contributed by atoms with van der Waals surface area (Å²) in [7, 11) is 0. The Kier molecular flexibility index (Phi) is 4.67. The van der Waals surface area contributed by atoms with Gasteiger partial charge in [-0.05, 0) is 23.6 Å². The zero-order valence-corrected chi connectivity index (χ0v) is 16.1. The summed E-state index contributed by atoms with van der Waals surface area (Å²) in [5.74, 6) is 0.617. The molecule has 2 aromatic carbocycles. The van der Waals surface area contributed by atoms with Crippen molar-refractivity contribution >= 4 is 23.3 Å². The molecule has 1 atom stereocenters. The Hall–Kier alpha value is -4.56. The third-order valence-corrected chi connectivity index (χ3v) is 4.97. The van der Waals surface area contributed by atoms with E-state index in [2.05, 4.69) is 44.9 Å². The lowest BCUT2D eigenvalue weighted by atomic mass is 9.93. The van der Waals surface area contributed by atoms with Crippen molar-refractivity contribution < 1.29 is 0 Å². The summed E-state index contributed by atoms with van der Waals surface area (Å²) in [4.78, 5) is 8.83. The standard InChI is InChI=1S/C22H18N8/c1-12-2-4-13(5-3-12)14-6-8-15(9-7-14)19-17-18(25)16(10-23)20(26)29-21(17)30-22(28-19)27-11-24/h2-9,19H,1H3,(H6,25,26,27,28,29,30). The van der Waals surface area contributed by atoms with Crippen LogP contribution >= 0.6 is 0 Å². The van der Waals surface area contributed by atoms with Gasteiger partial charge in [0.25, 0.3) is 0 Å². The summed E-state index contributed by atoms with van der Waals surface area (Å²) < 4.78 is 0. The molecule has 8 nitrogen and oxygen atoms in total. The second-order valence-corrected chi connectivity index (χ2v) is 6.89. The summed E-state index contributed by atoms with van der Waals surface area (Å²) >= 11 is 0. The second kappa shape index (κ2) is 7.46. The Balaban J connectivity index is 1.80. The fraction of sp³-hybridized carbons (Fsp3) is 0.0909. The normalized spacial score (nSPS) is 14.5. The molecule has 1 aromatic heterocycles. The number of pyridine rings is 1. The van der Waals surface area contributed by atoms with Gasteiger partial charge >= 0.3 is 0 Å². The van der Waals surface area contributed by atoms with Gasteiger partial charge in [-0.1, -0.05) is 54.1 Å². The molecule has 146 valence electrons. The van der Waals surface area contributed by atoms with Crippen LogP contribution < -0.4 is 22.1 Å². The molecule has 1 aliphatic heterocycles. The van der Waals surface area contributed by atoms with Gasteiger partial charge in [0, 0.05) is 5.56 Å². The summed E-state index contributed by atoms with van der Waals surface area (Å²) in [6.07, 6.45) is 1.84. The van der Waals surface area contributed by atoms with Crippen molar-refractivity contribution in [1.82, 2.24) is 10.3 Å². The van der Waals surface area contributed by atoms with Gasteiger partial charge in [-0.15, -0.1) is 0 Å². The number of hydrogen-bond donors (Lipinski definition) is 4. The number of aryl methyl sites for hydroxylation is 1. The molecule has 2 heterocycles. The lowest BCUT2D eigenvalue weighted by Gasteiger charge is -2.26. The fourth-order valence-electron chi connectivity index (χ4n) is 3.43. The Morgan fingerprint density at radius 3 is 2.23 bits per heavy atom. The van der Waals surface area contributed by atoms with Crippen LogP contribution in [0.15, 0.2) is 53.5 Å². The number of nitriles is 2. The summed E-state index contributed by atoms with van der Waals surface area (Å²) in [6.45, 7) is 2.05. The Morgan fingerprint density at radius 2 is 1.63 bits per heavy atom. The predicted octanol–water partition coefficient (Wildman–Crippen LogP) is 3.03. The van der Waals surface area contributed by atoms with Crippen molar-refractivity contribution in [3.05, 3.63) is 70.8 Å². The van der Waals surface area contributed by atoms with E-state index in [1.807, 2.05) is 43.5 Å². The van der Waals surface area contributed by atoms with E-state index in [1.165, 1.54) is 5.56 Å². The summed E-state index contributed by atoms with van der Waals surface area (Å²) in [5.41, 5.74) is 17.2. The molecule has 1 aliphatic rings. The number of fused-ring (bicyclic) bond motifs is 1. The number of rotatable bonds is 2. The van der Waals surface area contributed by atoms with Gasteiger partial charge in [-0.3, -0.25) is 5.32 Å². The van der Waals surface area contributed by atoms with Crippen LogP contribution in [0.4, 0.5) is 17.3 Å². The molecule has 0 amide bonds. The van der Waals surface area contributed by atoms with Crippen LogP contribution in [0.3, 0.4) is 0 Å². The van der Waals surface area contributed by atoms with E-state index >= 15 is 0 Å². The predicted molar refractivity (Wildman–Crippen MR) is 116 cm³/mol. The molecule has 0 fully saturated rings.